The summed E-state index contributed by atoms with van der Waals surface area (Å²) >= 11 is 11.1. The molecule has 96 valence electrons. The van der Waals surface area contributed by atoms with Crippen molar-refractivity contribution >= 4 is 38.9 Å². The van der Waals surface area contributed by atoms with Gasteiger partial charge in [-0.1, -0.05) is 31.4 Å². The average molecular weight is 337 g/mol. The predicted octanol–water partition coefficient (Wildman–Crippen LogP) is 5.08. The van der Waals surface area contributed by atoms with Gasteiger partial charge in [-0.05, 0) is 53.2 Å². The van der Waals surface area contributed by atoms with Crippen molar-refractivity contribution in [3.05, 3.63) is 19.8 Å². The second kappa shape index (κ2) is 6.55. The van der Waals surface area contributed by atoms with Gasteiger partial charge >= 0.3 is 0 Å². The quantitative estimate of drug-likeness (QED) is 0.808. The van der Waals surface area contributed by atoms with Crippen molar-refractivity contribution < 1.29 is 0 Å². The summed E-state index contributed by atoms with van der Waals surface area (Å²) in [6.45, 7) is 4.47. The lowest BCUT2D eigenvalue weighted by Crippen LogP contribution is -2.26. The summed E-state index contributed by atoms with van der Waals surface area (Å²) in [5.74, 6) is 1.79. The largest absolute Gasteiger partial charge is 0.312 e. The smallest absolute Gasteiger partial charge is 0.107 e. The van der Waals surface area contributed by atoms with E-state index in [1.165, 1.54) is 30.6 Å². The highest BCUT2D eigenvalue weighted by molar-refractivity contribution is 9.10. The monoisotopic (exact) mass is 335 g/mol. The standard InChI is InChI=1S/C13H19BrClNS/c1-9-3-2-4-10(5-9)7-16-8-11-6-12(14)13(15)17-11/h6,9-10,16H,2-5,7-8H2,1H3. The van der Waals surface area contributed by atoms with E-state index in [1.807, 2.05) is 0 Å². The van der Waals surface area contributed by atoms with Crippen LogP contribution in [0.2, 0.25) is 4.34 Å². The number of halogens is 2. The van der Waals surface area contributed by atoms with Crippen LogP contribution in [-0.2, 0) is 6.54 Å². The Kier molecular flexibility index (Phi) is 5.34. The van der Waals surface area contributed by atoms with Crippen LogP contribution >= 0.6 is 38.9 Å². The highest BCUT2D eigenvalue weighted by atomic mass is 79.9. The molecular formula is C13H19BrClNS. The first-order chi connectivity index (χ1) is 8.15. The van der Waals surface area contributed by atoms with Crippen molar-refractivity contribution in [2.24, 2.45) is 11.8 Å². The zero-order valence-corrected chi connectivity index (χ0v) is 13.3. The minimum Gasteiger partial charge on any atom is -0.312 e. The highest BCUT2D eigenvalue weighted by Crippen LogP contribution is 2.32. The Hall–Kier alpha value is 0.430. The Morgan fingerprint density at radius 1 is 1.53 bits per heavy atom. The zero-order chi connectivity index (χ0) is 12.3. The zero-order valence-electron chi connectivity index (χ0n) is 10.1. The van der Waals surface area contributed by atoms with Gasteiger partial charge in [0.05, 0.1) is 0 Å². The lowest BCUT2D eigenvalue weighted by Gasteiger charge is -2.26. The minimum absolute atomic E-state index is 0.855. The van der Waals surface area contributed by atoms with Crippen LogP contribution in [0.3, 0.4) is 0 Å². The van der Waals surface area contributed by atoms with Gasteiger partial charge in [0.2, 0.25) is 0 Å². The summed E-state index contributed by atoms with van der Waals surface area (Å²) in [6, 6.07) is 2.11. The van der Waals surface area contributed by atoms with Crippen LogP contribution < -0.4 is 5.32 Å². The van der Waals surface area contributed by atoms with Gasteiger partial charge in [-0.15, -0.1) is 11.3 Å². The fraction of sp³-hybridized carbons (Fsp3) is 0.692. The van der Waals surface area contributed by atoms with Crippen molar-refractivity contribution in [2.75, 3.05) is 6.54 Å². The minimum atomic E-state index is 0.855. The first kappa shape index (κ1) is 13.9. The van der Waals surface area contributed by atoms with Crippen molar-refractivity contribution in [2.45, 2.75) is 39.2 Å². The molecule has 2 rings (SSSR count). The highest BCUT2D eigenvalue weighted by Gasteiger charge is 2.18. The molecule has 0 aromatic carbocycles. The number of hydrogen-bond donors (Lipinski definition) is 1. The Balaban J connectivity index is 1.72. The molecule has 1 aliphatic rings. The van der Waals surface area contributed by atoms with E-state index in [1.54, 1.807) is 11.3 Å². The molecule has 1 saturated carbocycles. The Labute approximate surface area is 121 Å². The van der Waals surface area contributed by atoms with E-state index in [0.29, 0.717) is 0 Å². The fourth-order valence-corrected chi connectivity index (χ4v) is 4.38. The molecule has 4 heteroatoms. The molecule has 1 aromatic heterocycles. The summed E-state index contributed by atoms with van der Waals surface area (Å²) in [6.07, 6.45) is 5.61. The van der Waals surface area contributed by atoms with E-state index in [2.05, 4.69) is 34.2 Å². The van der Waals surface area contributed by atoms with Crippen molar-refractivity contribution in [1.82, 2.24) is 5.32 Å². The molecule has 0 aliphatic heterocycles. The van der Waals surface area contributed by atoms with Gasteiger partial charge in [-0.2, -0.15) is 0 Å². The average Bonchev–Trinajstić information content (AvgIpc) is 2.58. The fourth-order valence-electron chi connectivity index (χ4n) is 2.62. The predicted molar refractivity (Wildman–Crippen MR) is 79.9 cm³/mol. The van der Waals surface area contributed by atoms with E-state index in [9.17, 15) is 0 Å². The maximum Gasteiger partial charge on any atom is 0.107 e. The number of nitrogens with one attached hydrogen (secondary N) is 1. The topological polar surface area (TPSA) is 12.0 Å². The van der Waals surface area contributed by atoms with Crippen LogP contribution in [-0.4, -0.2) is 6.54 Å². The summed E-state index contributed by atoms with van der Waals surface area (Å²) in [5.41, 5.74) is 0. The maximum absolute atomic E-state index is 6.02. The van der Waals surface area contributed by atoms with E-state index in [-0.39, 0.29) is 0 Å². The molecule has 1 N–H and O–H groups in total. The van der Waals surface area contributed by atoms with Crippen molar-refractivity contribution in [1.29, 1.82) is 0 Å². The lowest BCUT2D eigenvalue weighted by molar-refractivity contribution is 0.274. The van der Waals surface area contributed by atoms with Gasteiger partial charge in [0, 0.05) is 15.9 Å². The SMILES string of the molecule is CC1CCCC(CNCc2cc(Br)c(Cl)s2)C1. The van der Waals surface area contributed by atoms with Gasteiger partial charge in [0.15, 0.2) is 0 Å². The molecule has 1 aromatic rings. The van der Waals surface area contributed by atoms with Gasteiger partial charge in [0.25, 0.3) is 0 Å². The number of hydrogen-bond acceptors (Lipinski definition) is 2. The molecule has 0 spiro atoms. The van der Waals surface area contributed by atoms with E-state index < -0.39 is 0 Å². The third-order valence-corrected chi connectivity index (χ3v) is 5.95. The summed E-state index contributed by atoms with van der Waals surface area (Å²) in [7, 11) is 0. The van der Waals surface area contributed by atoms with Crippen LogP contribution in [0.25, 0.3) is 0 Å². The van der Waals surface area contributed by atoms with Crippen LogP contribution in [0.15, 0.2) is 10.5 Å². The Morgan fingerprint density at radius 3 is 3.00 bits per heavy atom. The Morgan fingerprint density at radius 2 is 2.35 bits per heavy atom. The van der Waals surface area contributed by atoms with Crippen LogP contribution in [0.5, 0.6) is 0 Å². The van der Waals surface area contributed by atoms with Crippen LogP contribution in [0.1, 0.15) is 37.5 Å². The lowest BCUT2D eigenvalue weighted by atomic mass is 9.82. The van der Waals surface area contributed by atoms with Gasteiger partial charge in [-0.3, -0.25) is 0 Å². The molecule has 0 amide bonds. The van der Waals surface area contributed by atoms with E-state index in [0.717, 1.165) is 33.7 Å². The normalized spacial score (nSPS) is 25.1. The molecule has 2 unspecified atom stereocenters. The second-order valence-corrected chi connectivity index (χ2v) is 7.70. The van der Waals surface area contributed by atoms with Gasteiger partial charge < -0.3 is 5.32 Å². The summed E-state index contributed by atoms with van der Waals surface area (Å²) < 4.78 is 1.88. The van der Waals surface area contributed by atoms with Crippen molar-refractivity contribution in [3.63, 3.8) is 0 Å². The van der Waals surface area contributed by atoms with Gasteiger partial charge in [-0.25, -0.2) is 0 Å². The first-order valence-electron chi connectivity index (χ1n) is 6.29. The van der Waals surface area contributed by atoms with Gasteiger partial charge in [0.1, 0.15) is 4.34 Å². The maximum atomic E-state index is 6.02. The number of rotatable bonds is 4. The molecule has 0 saturated heterocycles. The second-order valence-electron chi connectivity index (χ2n) is 5.10. The number of thiophene rings is 1. The first-order valence-corrected chi connectivity index (χ1v) is 8.28. The molecular weight excluding hydrogens is 318 g/mol. The van der Waals surface area contributed by atoms with Crippen LogP contribution in [0, 0.1) is 11.8 Å². The van der Waals surface area contributed by atoms with E-state index in [4.69, 9.17) is 11.6 Å². The molecule has 1 nitrogen and oxygen atoms in total. The van der Waals surface area contributed by atoms with E-state index >= 15 is 0 Å². The van der Waals surface area contributed by atoms with Crippen molar-refractivity contribution in [3.8, 4) is 0 Å². The molecule has 1 aliphatic carbocycles. The molecule has 1 heterocycles. The van der Waals surface area contributed by atoms with Crippen LogP contribution in [0.4, 0.5) is 0 Å². The molecule has 2 atom stereocenters. The Bertz CT molecular complexity index is 347. The molecule has 0 bridgehead atoms. The summed E-state index contributed by atoms with van der Waals surface area (Å²) in [4.78, 5) is 1.31. The molecule has 0 radical (unpaired) electrons. The third-order valence-electron chi connectivity index (χ3n) is 3.47. The third kappa shape index (κ3) is 4.23. The summed E-state index contributed by atoms with van der Waals surface area (Å²) in [5, 5.41) is 3.56. The molecule has 17 heavy (non-hydrogen) atoms. The molecule has 1 fully saturated rings.